The van der Waals surface area contributed by atoms with Gasteiger partial charge in [-0.2, -0.15) is 0 Å². The van der Waals surface area contributed by atoms with Crippen LogP contribution in [0.4, 0.5) is 5.69 Å². The molecule has 0 aliphatic heterocycles. The first-order chi connectivity index (χ1) is 8.72. The summed E-state index contributed by atoms with van der Waals surface area (Å²) in [5, 5.41) is 0. The van der Waals surface area contributed by atoms with E-state index in [1.165, 1.54) is 24.0 Å². The summed E-state index contributed by atoms with van der Waals surface area (Å²) in [5.74, 6) is 1.26. The number of pyridine rings is 1. The van der Waals surface area contributed by atoms with Crippen molar-refractivity contribution in [2.45, 2.75) is 19.3 Å². The van der Waals surface area contributed by atoms with Crippen LogP contribution in [0, 0.1) is 0 Å². The third-order valence-electron chi connectivity index (χ3n) is 3.13. The van der Waals surface area contributed by atoms with Gasteiger partial charge in [0, 0.05) is 10.7 Å². The van der Waals surface area contributed by atoms with Gasteiger partial charge in [0.05, 0.1) is 5.69 Å². The first-order valence-electron chi connectivity index (χ1n) is 5.93. The number of hydrogen-bond acceptors (Lipinski definition) is 3. The van der Waals surface area contributed by atoms with Gasteiger partial charge in [-0.3, -0.25) is 0 Å². The van der Waals surface area contributed by atoms with E-state index >= 15 is 0 Å². The fourth-order valence-electron chi connectivity index (χ4n) is 2.25. The fourth-order valence-corrected chi connectivity index (χ4v) is 2.60. The van der Waals surface area contributed by atoms with Gasteiger partial charge in [-0.15, -0.1) is 0 Å². The lowest BCUT2D eigenvalue weighted by atomic mass is 10.1. The highest BCUT2D eigenvalue weighted by molar-refractivity contribution is 9.10. The van der Waals surface area contributed by atoms with Crippen LogP contribution in [-0.2, 0) is 12.8 Å². The molecule has 4 heteroatoms. The summed E-state index contributed by atoms with van der Waals surface area (Å²) < 4.78 is 6.58. The van der Waals surface area contributed by atoms with E-state index in [2.05, 4.69) is 33.0 Å². The van der Waals surface area contributed by atoms with Crippen molar-refractivity contribution in [2.75, 3.05) is 5.73 Å². The molecule has 2 N–H and O–H groups in total. The lowest BCUT2D eigenvalue weighted by molar-refractivity contribution is 0.465. The van der Waals surface area contributed by atoms with Gasteiger partial charge in [0.15, 0.2) is 0 Å². The van der Waals surface area contributed by atoms with E-state index in [1.54, 1.807) is 12.3 Å². The minimum Gasteiger partial charge on any atom is -0.437 e. The number of anilines is 1. The second kappa shape index (κ2) is 4.61. The minimum atomic E-state index is 0.455. The molecular weight excluding hydrogens is 292 g/mol. The normalized spacial score (nSPS) is 13.4. The van der Waals surface area contributed by atoms with Crippen molar-refractivity contribution in [1.82, 2.24) is 4.98 Å². The van der Waals surface area contributed by atoms with Crippen LogP contribution in [0.25, 0.3) is 0 Å². The van der Waals surface area contributed by atoms with Gasteiger partial charge in [0.25, 0.3) is 0 Å². The van der Waals surface area contributed by atoms with Crippen molar-refractivity contribution in [3.63, 3.8) is 0 Å². The van der Waals surface area contributed by atoms with Crippen LogP contribution in [0.3, 0.4) is 0 Å². The molecule has 0 fully saturated rings. The van der Waals surface area contributed by atoms with E-state index in [4.69, 9.17) is 10.5 Å². The van der Waals surface area contributed by atoms with Crippen molar-refractivity contribution in [3.8, 4) is 11.6 Å². The van der Waals surface area contributed by atoms with Gasteiger partial charge >= 0.3 is 0 Å². The molecule has 1 aromatic carbocycles. The number of nitrogen functional groups attached to an aromatic ring is 1. The number of nitrogens with zero attached hydrogens (tertiary/aromatic N) is 1. The highest BCUT2D eigenvalue weighted by atomic mass is 79.9. The zero-order valence-corrected chi connectivity index (χ0v) is 11.4. The molecule has 1 aromatic heterocycles. The van der Waals surface area contributed by atoms with Gasteiger partial charge in [0.2, 0.25) is 5.88 Å². The molecule has 3 rings (SSSR count). The Hall–Kier alpha value is -1.55. The van der Waals surface area contributed by atoms with E-state index in [9.17, 15) is 0 Å². The second-order valence-electron chi connectivity index (χ2n) is 4.43. The predicted molar refractivity (Wildman–Crippen MR) is 74.9 cm³/mol. The molecule has 2 aromatic rings. The molecule has 1 heterocycles. The van der Waals surface area contributed by atoms with Crippen LogP contribution in [0.15, 0.2) is 34.9 Å². The third-order valence-corrected chi connectivity index (χ3v) is 3.56. The number of rotatable bonds is 2. The summed E-state index contributed by atoms with van der Waals surface area (Å²) in [6.07, 6.45) is 5.22. The number of halogens is 1. The summed E-state index contributed by atoms with van der Waals surface area (Å²) in [6.45, 7) is 0. The van der Waals surface area contributed by atoms with Gasteiger partial charge in [0.1, 0.15) is 5.75 Å². The fraction of sp³-hybridized carbons (Fsp3) is 0.214. The second-order valence-corrected chi connectivity index (χ2v) is 5.35. The lowest BCUT2D eigenvalue weighted by Crippen LogP contribution is -1.95. The summed E-state index contributed by atoms with van der Waals surface area (Å²) in [6, 6.07) is 7.99. The van der Waals surface area contributed by atoms with E-state index in [-0.39, 0.29) is 0 Å². The third kappa shape index (κ3) is 2.20. The number of aromatic nitrogens is 1. The minimum absolute atomic E-state index is 0.455. The Morgan fingerprint density at radius 2 is 2.00 bits per heavy atom. The summed E-state index contributed by atoms with van der Waals surface area (Å²) in [7, 11) is 0. The van der Waals surface area contributed by atoms with Gasteiger partial charge in [-0.05, 0) is 64.5 Å². The molecule has 1 aliphatic rings. The Labute approximate surface area is 114 Å². The first kappa shape index (κ1) is 11.5. The molecule has 0 atom stereocenters. The van der Waals surface area contributed by atoms with Crippen molar-refractivity contribution >= 4 is 21.6 Å². The molecule has 92 valence electrons. The average molecular weight is 305 g/mol. The highest BCUT2D eigenvalue weighted by Crippen LogP contribution is 2.31. The molecular formula is C14H13BrN2O. The van der Waals surface area contributed by atoms with E-state index in [0.717, 1.165) is 16.6 Å². The smallest absolute Gasteiger partial charge is 0.242 e. The molecule has 0 unspecified atom stereocenters. The molecule has 0 bridgehead atoms. The van der Waals surface area contributed by atoms with Crippen molar-refractivity contribution in [3.05, 3.63) is 46.1 Å². The van der Waals surface area contributed by atoms with Crippen LogP contribution in [0.1, 0.15) is 17.5 Å². The number of benzene rings is 1. The largest absolute Gasteiger partial charge is 0.437 e. The molecule has 0 spiro atoms. The van der Waals surface area contributed by atoms with Gasteiger partial charge in [-0.25, -0.2) is 4.98 Å². The number of hydrogen-bond donors (Lipinski definition) is 1. The zero-order chi connectivity index (χ0) is 12.5. The van der Waals surface area contributed by atoms with E-state index in [1.807, 2.05) is 6.07 Å². The zero-order valence-electron chi connectivity index (χ0n) is 9.82. The van der Waals surface area contributed by atoms with Crippen molar-refractivity contribution < 1.29 is 4.74 Å². The van der Waals surface area contributed by atoms with Gasteiger partial charge in [-0.1, -0.05) is 6.07 Å². The summed E-state index contributed by atoms with van der Waals surface area (Å²) >= 11 is 3.32. The van der Waals surface area contributed by atoms with Crippen LogP contribution >= 0.6 is 15.9 Å². The predicted octanol–water partition coefficient (Wildman–Crippen LogP) is 3.71. The summed E-state index contributed by atoms with van der Waals surface area (Å²) in [5.41, 5.74) is 9.20. The Kier molecular flexibility index (Phi) is 2.96. The van der Waals surface area contributed by atoms with Crippen LogP contribution in [0.2, 0.25) is 0 Å². The van der Waals surface area contributed by atoms with E-state index in [0.29, 0.717) is 11.6 Å². The maximum absolute atomic E-state index is 5.86. The Bertz CT molecular complexity index is 598. The Balaban J connectivity index is 1.88. The topological polar surface area (TPSA) is 48.1 Å². The lowest BCUT2D eigenvalue weighted by Gasteiger charge is -2.09. The number of nitrogens with two attached hydrogens (primary N) is 1. The van der Waals surface area contributed by atoms with Crippen LogP contribution in [-0.4, -0.2) is 4.98 Å². The number of ether oxygens (including phenoxy) is 1. The van der Waals surface area contributed by atoms with E-state index < -0.39 is 0 Å². The monoisotopic (exact) mass is 304 g/mol. The highest BCUT2D eigenvalue weighted by Gasteiger charge is 2.12. The molecule has 18 heavy (non-hydrogen) atoms. The Morgan fingerprint density at radius 3 is 2.83 bits per heavy atom. The number of fused-ring (bicyclic) bond motifs is 1. The first-order valence-corrected chi connectivity index (χ1v) is 6.72. The summed E-state index contributed by atoms with van der Waals surface area (Å²) in [4.78, 5) is 4.17. The Morgan fingerprint density at radius 1 is 1.17 bits per heavy atom. The quantitative estimate of drug-likeness (QED) is 0.920. The molecule has 1 aliphatic carbocycles. The molecule has 0 saturated carbocycles. The van der Waals surface area contributed by atoms with Crippen molar-refractivity contribution in [1.29, 1.82) is 0 Å². The standard InChI is InChI=1S/C14H13BrN2O/c15-11-7-13(16)14(17-8-11)18-12-5-4-9-2-1-3-10(9)6-12/h4-8H,1-3,16H2. The molecule has 0 amide bonds. The van der Waals surface area contributed by atoms with Crippen molar-refractivity contribution in [2.24, 2.45) is 0 Å². The average Bonchev–Trinajstić information content (AvgIpc) is 2.80. The molecule has 0 saturated heterocycles. The van der Waals surface area contributed by atoms with Crippen LogP contribution in [0.5, 0.6) is 11.6 Å². The SMILES string of the molecule is Nc1cc(Br)cnc1Oc1ccc2c(c1)CCC2. The number of aryl methyl sites for hydroxylation is 2. The van der Waals surface area contributed by atoms with Gasteiger partial charge < -0.3 is 10.5 Å². The maximum atomic E-state index is 5.86. The maximum Gasteiger partial charge on any atom is 0.242 e. The molecule has 0 radical (unpaired) electrons. The molecule has 3 nitrogen and oxygen atoms in total. The van der Waals surface area contributed by atoms with Crippen LogP contribution < -0.4 is 10.5 Å².